The molecular weight excluding hydrogens is 404 g/mol. The summed E-state index contributed by atoms with van der Waals surface area (Å²) in [4.78, 5) is 24.1. The molecule has 0 spiro atoms. The first-order chi connectivity index (χ1) is 14.9. The third kappa shape index (κ3) is 6.70. The van der Waals surface area contributed by atoms with Crippen LogP contribution in [0.15, 0.2) is 30.3 Å². The minimum absolute atomic E-state index is 0.177. The van der Waals surface area contributed by atoms with Crippen LogP contribution in [0.3, 0.4) is 0 Å². The number of nitrogens with one attached hydrogen (secondary N) is 1. The summed E-state index contributed by atoms with van der Waals surface area (Å²) in [6, 6.07) is 8.39. The van der Waals surface area contributed by atoms with Crippen molar-refractivity contribution < 1.29 is 33.3 Å². The van der Waals surface area contributed by atoms with E-state index in [9.17, 15) is 9.59 Å². The topological polar surface area (TPSA) is 118 Å². The number of esters is 1. The van der Waals surface area contributed by atoms with E-state index in [-0.39, 0.29) is 25.5 Å². The largest absolute Gasteiger partial charge is 0.493 e. The molecule has 0 unspecified atom stereocenters. The molecule has 0 heterocycles. The number of ether oxygens (including phenoxy) is 5. The molecule has 3 N–H and O–H groups in total. The molecule has 2 aromatic carbocycles. The number of nitrogen functional groups attached to an aromatic ring is 1. The van der Waals surface area contributed by atoms with Crippen molar-refractivity contribution in [1.82, 2.24) is 0 Å². The Bertz CT molecular complexity index is 890. The highest BCUT2D eigenvalue weighted by molar-refractivity contribution is 5.91. The van der Waals surface area contributed by atoms with Crippen molar-refractivity contribution in [2.75, 3.05) is 45.6 Å². The lowest BCUT2D eigenvalue weighted by atomic mass is 10.1. The van der Waals surface area contributed by atoms with Gasteiger partial charge in [0.15, 0.2) is 18.1 Å². The Kier molecular flexibility index (Phi) is 8.80. The van der Waals surface area contributed by atoms with Crippen LogP contribution in [0.25, 0.3) is 0 Å². The summed E-state index contributed by atoms with van der Waals surface area (Å²) in [6.45, 7) is 1.76. The standard InChI is InChI=1S/C22H28N2O7/c1-5-30-21(26)13-31-17-10-15(23)8-6-14(17)7-9-20(25)24-16-11-18(27-2)22(29-4)19(12-16)28-3/h6,8,10-12H,5,7,9,13,23H2,1-4H3,(H,24,25). The second kappa shape index (κ2) is 11.5. The van der Waals surface area contributed by atoms with Gasteiger partial charge in [-0.15, -0.1) is 0 Å². The van der Waals surface area contributed by atoms with Crippen LogP contribution < -0.4 is 30.0 Å². The molecule has 0 atom stereocenters. The van der Waals surface area contributed by atoms with Gasteiger partial charge in [0.2, 0.25) is 11.7 Å². The molecular formula is C22H28N2O7. The number of aryl methyl sites for hydroxylation is 1. The first-order valence-electron chi connectivity index (χ1n) is 9.68. The van der Waals surface area contributed by atoms with Gasteiger partial charge >= 0.3 is 5.97 Å². The van der Waals surface area contributed by atoms with Crippen molar-refractivity contribution in [3.8, 4) is 23.0 Å². The molecule has 0 aliphatic rings. The molecule has 0 radical (unpaired) electrons. The summed E-state index contributed by atoms with van der Waals surface area (Å²) >= 11 is 0. The van der Waals surface area contributed by atoms with Gasteiger partial charge in [0.1, 0.15) is 5.75 Å². The van der Waals surface area contributed by atoms with E-state index in [2.05, 4.69) is 5.32 Å². The van der Waals surface area contributed by atoms with Crippen molar-refractivity contribution in [2.24, 2.45) is 0 Å². The molecule has 1 amide bonds. The summed E-state index contributed by atoms with van der Waals surface area (Å²) in [6.07, 6.45) is 0.561. The molecule has 0 aliphatic carbocycles. The van der Waals surface area contributed by atoms with Gasteiger partial charge in [0.05, 0.1) is 27.9 Å². The maximum absolute atomic E-state index is 12.5. The van der Waals surface area contributed by atoms with Crippen molar-refractivity contribution >= 4 is 23.3 Å². The van der Waals surface area contributed by atoms with Crippen LogP contribution >= 0.6 is 0 Å². The van der Waals surface area contributed by atoms with Gasteiger partial charge in [-0.2, -0.15) is 0 Å². The molecule has 0 bridgehead atoms. The number of carbonyl (C=O) groups is 2. The summed E-state index contributed by atoms with van der Waals surface area (Å²) < 4.78 is 26.3. The lowest BCUT2D eigenvalue weighted by molar-refractivity contribution is -0.145. The van der Waals surface area contributed by atoms with E-state index in [4.69, 9.17) is 29.4 Å². The molecule has 9 heteroatoms. The summed E-state index contributed by atoms with van der Waals surface area (Å²) in [7, 11) is 4.51. The molecule has 0 aliphatic heterocycles. The molecule has 0 fully saturated rings. The number of nitrogens with two attached hydrogens (primary N) is 1. The number of anilines is 2. The van der Waals surface area contributed by atoms with Gasteiger partial charge in [0.25, 0.3) is 0 Å². The highest BCUT2D eigenvalue weighted by atomic mass is 16.6. The number of benzene rings is 2. The first kappa shape index (κ1) is 23.7. The lowest BCUT2D eigenvalue weighted by Crippen LogP contribution is -2.16. The molecule has 0 aromatic heterocycles. The van der Waals surface area contributed by atoms with Crippen molar-refractivity contribution in [3.63, 3.8) is 0 Å². The summed E-state index contributed by atoms with van der Waals surface area (Å²) in [5.74, 6) is 1.05. The van der Waals surface area contributed by atoms with E-state index >= 15 is 0 Å². The third-order valence-corrected chi connectivity index (χ3v) is 4.31. The number of hydrogen-bond donors (Lipinski definition) is 2. The van der Waals surface area contributed by atoms with Crippen LogP contribution in [-0.4, -0.2) is 46.4 Å². The van der Waals surface area contributed by atoms with E-state index < -0.39 is 5.97 Å². The zero-order chi connectivity index (χ0) is 22.8. The highest BCUT2D eigenvalue weighted by Crippen LogP contribution is 2.40. The maximum Gasteiger partial charge on any atom is 0.344 e. The van der Waals surface area contributed by atoms with E-state index in [0.29, 0.717) is 40.8 Å². The van der Waals surface area contributed by atoms with E-state index in [1.807, 2.05) is 0 Å². The minimum atomic E-state index is -0.476. The number of hydrogen-bond acceptors (Lipinski definition) is 8. The van der Waals surface area contributed by atoms with Gasteiger partial charge < -0.3 is 34.7 Å². The second-order valence-electron chi connectivity index (χ2n) is 6.42. The Labute approximate surface area is 181 Å². The molecule has 168 valence electrons. The summed E-state index contributed by atoms with van der Waals surface area (Å²) in [5.41, 5.74) is 7.57. The quantitative estimate of drug-likeness (QED) is 0.411. The SMILES string of the molecule is CCOC(=O)COc1cc(N)ccc1CCC(=O)Nc1cc(OC)c(OC)c(OC)c1. The predicted molar refractivity (Wildman–Crippen MR) is 116 cm³/mol. The minimum Gasteiger partial charge on any atom is -0.493 e. The zero-order valence-electron chi connectivity index (χ0n) is 18.2. The molecule has 9 nitrogen and oxygen atoms in total. The number of rotatable bonds is 11. The average Bonchev–Trinajstić information content (AvgIpc) is 2.76. The van der Waals surface area contributed by atoms with Crippen molar-refractivity contribution in [2.45, 2.75) is 19.8 Å². The predicted octanol–water partition coefficient (Wildman–Crippen LogP) is 2.81. The molecule has 0 saturated carbocycles. The smallest absolute Gasteiger partial charge is 0.344 e. The van der Waals surface area contributed by atoms with Gasteiger partial charge in [-0.25, -0.2) is 4.79 Å². The highest BCUT2D eigenvalue weighted by Gasteiger charge is 2.15. The van der Waals surface area contributed by atoms with Gasteiger partial charge in [-0.3, -0.25) is 4.79 Å². The normalized spacial score (nSPS) is 10.2. The monoisotopic (exact) mass is 432 g/mol. The Morgan fingerprint density at radius 2 is 1.65 bits per heavy atom. The van der Waals surface area contributed by atoms with Crippen LogP contribution in [0.2, 0.25) is 0 Å². The zero-order valence-corrected chi connectivity index (χ0v) is 18.2. The van der Waals surface area contributed by atoms with Crippen LogP contribution in [0.1, 0.15) is 18.9 Å². The lowest BCUT2D eigenvalue weighted by Gasteiger charge is -2.15. The maximum atomic E-state index is 12.5. The van der Waals surface area contributed by atoms with Crippen LogP contribution in [-0.2, 0) is 20.7 Å². The van der Waals surface area contributed by atoms with Crippen molar-refractivity contribution in [3.05, 3.63) is 35.9 Å². The fourth-order valence-corrected chi connectivity index (χ4v) is 2.88. The van der Waals surface area contributed by atoms with E-state index in [1.165, 1.54) is 21.3 Å². The molecule has 2 aromatic rings. The van der Waals surface area contributed by atoms with Gasteiger partial charge in [0, 0.05) is 36.0 Å². The van der Waals surface area contributed by atoms with Crippen LogP contribution in [0.4, 0.5) is 11.4 Å². The first-order valence-corrected chi connectivity index (χ1v) is 9.68. The van der Waals surface area contributed by atoms with Crippen LogP contribution in [0.5, 0.6) is 23.0 Å². The van der Waals surface area contributed by atoms with Crippen molar-refractivity contribution in [1.29, 1.82) is 0 Å². The third-order valence-electron chi connectivity index (χ3n) is 4.31. The fraction of sp³-hybridized carbons (Fsp3) is 0.364. The van der Waals surface area contributed by atoms with Gasteiger partial charge in [-0.1, -0.05) is 6.07 Å². The Balaban J connectivity index is 2.05. The molecule has 31 heavy (non-hydrogen) atoms. The van der Waals surface area contributed by atoms with E-state index in [0.717, 1.165) is 5.56 Å². The Morgan fingerprint density at radius 3 is 2.23 bits per heavy atom. The Hall–Kier alpha value is -3.62. The summed E-state index contributed by atoms with van der Waals surface area (Å²) in [5, 5.41) is 2.82. The number of amides is 1. The second-order valence-corrected chi connectivity index (χ2v) is 6.42. The van der Waals surface area contributed by atoms with Crippen LogP contribution in [0, 0.1) is 0 Å². The number of carbonyl (C=O) groups excluding carboxylic acids is 2. The van der Waals surface area contributed by atoms with E-state index in [1.54, 1.807) is 37.3 Å². The fourth-order valence-electron chi connectivity index (χ4n) is 2.88. The number of methoxy groups -OCH3 is 3. The van der Waals surface area contributed by atoms with Gasteiger partial charge in [-0.05, 0) is 25.0 Å². The average molecular weight is 432 g/mol. The molecule has 0 saturated heterocycles. The molecule has 2 rings (SSSR count). The Morgan fingerprint density at radius 1 is 0.968 bits per heavy atom.